The molecule has 0 aliphatic heterocycles. The van der Waals surface area contributed by atoms with Crippen molar-refractivity contribution in [2.24, 2.45) is 5.92 Å². The van der Waals surface area contributed by atoms with Crippen LogP contribution >= 0.6 is 15.6 Å². The molecule has 3 N–H and O–H groups in total. The van der Waals surface area contributed by atoms with Crippen LogP contribution in [-0.2, 0) is 65.4 Å². The van der Waals surface area contributed by atoms with Gasteiger partial charge in [0.05, 0.1) is 26.4 Å². The first-order chi connectivity index (χ1) is 55.6. The SMILES string of the molecule is CCCCCCCCCCCCCCCCCCCCCCCC(=O)OC[C@H](COP(=O)(O)OC[C@@H](O)COP(=O)(O)OC[C@@H](COC(=O)CCCCCCCCCCCCCCC)OC(=O)CCCCCCCCCCCCCCCCCCCC)OC(=O)CCCCCCCCCCCCCCCCCCCCC(C)CC. The lowest BCUT2D eigenvalue weighted by atomic mass is 9.99. The second kappa shape index (κ2) is 87.4. The van der Waals surface area contributed by atoms with Gasteiger partial charge in [-0.05, 0) is 31.6 Å². The summed E-state index contributed by atoms with van der Waals surface area (Å²) in [7, 11) is -9.94. The predicted octanol–water partition coefficient (Wildman–Crippen LogP) is 29.9. The molecule has 0 saturated heterocycles. The first kappa shape index (κ1) is 112. The number of aliphatic hydroxyl groups excluding tert-OH is 1. The maximum absolute atomic E-state index is 13.2. The Morgan fingerprint density at radius 2 is 0.421 bits per heavy atom. The van der Waals surface area contributed by atoms with Gasteiger partial charge in [-0.1, -0.05) is 471 Å². The number of hydrogen-bond donors (Lipinski definition) is 3. The fourth-order valence-corrected chi connectivity index (χ4v) is 16.6. The number of rotatable bonds is 95. The average Bonchev–Trinajstić information content (AvgIpc) is 0.899. The number of phosphoric ester groups is 2. The lowest BCUT2D eigenvalue weighted by Gasteiger charge is -2.21. The van der Waals surface area contributed by atoms with Crippen LogP contribution in [0, 0.1) is 5.92 Å². The van der Waals surface area contributed by atoms with E-state index in [1.54, 1.807) is 0 Å². The Morgan fingerprint density at radius 1 is 0.246 bits per heavy atom. The van der Waals surface area contributed by atoms with Crippen molar-refractivity contribution in [3.05, 3.63) is 0 Å². The van der Waals surface area contributed by atoms with Crippen LogP contribution in [0.2, 0.25) is 0 Å². The van der Waals surface area contributed by atoms with E-state index in [1.165, 1.54) is 347 Å². The summed E-state index contributed by atoms with van der Waals surface area (Å²) in [6, 6.07) is 0. The van der Waals surface area contributed by atoms with Crippen molar-refractivity contribution in [2.75, 3.05) is 39.6 Å². The standard InChI is InChI=1S/C95H186O17P2/c1-6-10-13-16-19-22-25-28-30-32-34-35-36-41-44-49-54-59-64-69-74-79-93(98)106-85-91(112-95(100)81-76-71-66-61-56-51-46-42-38-37-39-43-48-52-57-62-67-72-77-88(5)9-4)87-110-114(103,104)108-83-89(96)82-107-113(101,102)109-86-90(84-105-92(97)78-73-68-63-58-53-47-27-24-21-18-15-12-8-3)111-94(99)80-75-70-65-60-55-50-45-40-33-31-29-26-23-20-17-14-11-7-2/h88-91,96H,6-87H2,1-5H3,(H,101,102)(H,103,104)/t88?,89-,90+,91+/m0/s1. The van der Waals surface area contributed by atoms with Crippen LogP contribution in [0.5, 0.6) is 0 Å². The van der Waals surface area contributed by atoms with Crippen molar-refractivity contribution in [3.8, 4) is 0 Å². The summed E-state index contributed by atoms with van der Waals surface area (Å²) < 4.78 is 69.2. The second-order valence-electron chi connectivity index (χ2n) is 34.4. The lowest BCUT2D eigenvalue weighted by Crippen LogP contribution is -2.30. The van der Waals surface area contributed by atoms with Gasteiger partial charge < -0.3 is 33.8 Å². The Bertz CT molecular complexity index is 2150. The van der Waals surface area contributed by atoms with Crippen LogP contribution in [0.1, 0.15) is 523 Å². The van der Waals surface area contributed by atoms with E-state index >= 15 is 0 Å². The lowest BCUT2D eigenvalue weighted by molar-refractivity contribution is -0.161. The minimum atomic E-state index is -4.97. The van der Waals surface area contributed by atoms with E-state index in [2.05, 4.69) is 34.6 Å². The number of phosphoric acid groups is 2. The molecule has 0 aromatic rings. The Kier molecular flexibility index (Phi) is 85.9. The van der Waals surface area contributed by atoms with Gasteiger partial charge in [0.15, 0.2) is 12.2 Å². The first-order valence-corrected chi connectivity index (χ1v) is 52.2. The Morgan fingerprint density at radius 3 is 0.623 bits per heavy atom. The zero-order valence-electron chi connectivity index (χ0n) is 75.2. The number of aliphatic hydroxyl groups is 1. The van der Waals surface area contributed by atoms with Gasteiger partial charge in [0.1, 0.15) is 19.3 Å². The van der Waals surface area contributed by atoms with E-state index < -0.39 is 97.5 Å². The molecular formula is C95H186O17P2. The summed E-state index contributed by atoms with van der Waals surface area (Å²) >= 11 is 0. The molecule has 0 aliphatic carbocycles. The van der Waals surface area contributed by atoms with Gasteiger partial charge in [-0.3, -0.25) is 37.3 Å². The number of carbonyl (C=O) groups excluding carboxylic acids is 4. The zero-order valence-corrected chi connectivity index (χ0v) is 77.0. The maximum Gasteiger partial charge on any atom is 0.472 e. The minimum absolute atomic E-state index is 0.110. The molecule has 0 bridgehead atoms. The highest BCUT2D eigenvalue weighted by Crippen LogP contribution is 2.45. The molecule has 0 rings (SSSR count). The monoisotopic (exact) mass is 1660 g/mol. The van der Waals surface area contributed by atoms with Crippen molar-refractivity contribution in [2.45, 2.75) is 541 Å². The van der Waals surface area contributed by atoms with Gasteiger partial charge in [0.25, 0.3) is 0 Å². The second-order valence-corrected chi connectivity index (χ2v) is 37.3. The summed E-state index contributed by atoms with van der Waals surface area (Å²) in [6.07, 6.45) is 84.8. The highest BCUT2D eigenvalue weighted by Gasteiger charge is 2.31. The fraction of sp³-hybridized carbons (Fsp3) is 0.958. The molecule has 6 atom stereocenters. The molecule has 114 heavy (non-hydrogen) atoms. The molecule has 0 aliphatic rings. The summed E-state index contributed by atoms with van der Waals surface area (Å²) in [5.74, 6) is -1.22. The summed E-state index contributed by atoms with van der Waals surface area (Å²) in [5, 5.41) is 10.7. The first-order valence-electron chi connectivity index (χ1n) is 49.2. The van der Waals surface area contributed by atoms with E-state index in [0.29, 0.717) is 25.7 Å². The molecule has 17 nitrogen and oxygen atoms in total. The van der Waals surface area contributed by atoms with Crippen LogP contribution in [0.25, 0.3) is 0 Å². The molecule has 678 valence electrons. The van der Waals surface area contributed by atoms with Crippen molar-refractivity contribution in [1.29, 1.82) is 0 Å². The number of ether oxygens (including phenoxy) is 4. The van der Waals surface area contributed by atoms with Crippen LogP contribution in [-0.4, -0.2) is 96.7 Å². The highest BCUT2D eigenvalue weighted by molar-refractivity contribution is 7.47. The van der Waals surface area contributed by atoms with Crippen LogP contribution in [0.15, 0.2) is 0 Å². The summed E-state index contributed by atoms with van der Waals surface area (Å²) in [4.78, 5) is 73.6. The Labute approximate surface area is 702 Å². The van der Waals surface area contributed by atoms with E-state index in [1.807, 2.05) is 0 Å². The molecule has 0 fully saturated rings. The highest BCUT2D eigenvalue weighted by atomic mass is 31.2. The van der Waals surface area contributed by atoms with E-state index in [0.717, 1.165) is 95.8 Å². The topological polar surface area (TPSA) is 237 Å². The quantitative estimate of drug-likeness (QED) is 0.0222. The normalized spacial score (nSPS) is 13.9. The number of hydrogen-bond acceptors (Lipinski definition) is 15. The number of unbranched alkanes of at least 4 members (excludes halogenated alkanes) is 66. The van der Waals surface area contributed by atoms with Crippen LogP contribution in [0.3, 0.4) is 0 Å². The Hall–Kier alpha value is -1.94. The van der Waals surface area contributed by atoms with Gasteiger partial charge in [0, 0.05) is 25.7 Å². The number of esters is 4. The van der Waals surface area contributed by atoms with Gasteiger partial charge in [0.2, 0.25) is 0 Å². The molecule has 0 heterocycles. The fourth-order valence-electron chi connectivity index (χ4n) is 15.0. The van der Waals surface area contributed by atoms with Crippen molar-refractivity contribution in [1.82, 2.24) is 0 Å². The molecule has 0 radical (unpaired) electrons. The molecule has 0 aromatic heterocycles. The molecule has 0 amide bonds. The van der Waals surface area contributed by atoms with Crippen LogP contribution < -0.4 is 0 Å². The van der Waals surface area contributed by atoms with Crippen molar-refractivity contribution >= 4 is 39.5 Å². The van der Waals surface area contributed by atoms with Crippen molar-refractivity contribution < 1.29 is 80.2 Å². The van der Waals surface area contributed by atoms with Gasteiger partial charge in [-0.15, -0.1) is 0 Å². The third kappa shape index (κ3) is 86.4. The van der Waals surface area contributed by atoms with Crippen LogP contribution in [0.4, 0.5) is 0 Å². The summed E-state index contributed by atoms with van der Waals surface area (Å²) in [5.41, 5.74) is 0. The third-order valence-electron chi connectivity index (χ3n) is 22.9. The average molecular weight is 1660 g/mol. The Balaban J connectivity index is 5.25. The summed E-state index contributed by atoms with van der Waals surface area (Å²) in [6.45, 7) is 7.49. The molecular weight excluding hydrogens is 1470 g/mol. The molecule has 3 unspecified atom stereocenters. The predicted molar refractivity (Wildman–Crippen MR) is 474 cm³/mol. The van der Waals surface area contributed by atoms with Gasteiger partial charge >= 0.3 is 39.5 Å². The number of carbonyl (C=O) groups is 4. The largest absolute Gasteiger partial charge is 0.472 e. The molecule has 0 aromatic carbocycles. The third-order valence-corrected chi connectivity index (χ3v) is 24.8. The van der Waals surface area contributed by atoms with Crippen molar-refractivity contribution in [3.63, 3.8) is 0 Å². The molecule has 0 spiro atoms. The molecule has 0 saturated carbocycles. The maximum atomic E-state index is 13.2. The van der Waals surface area contributed by atoms with Gasteiger partial charge in [-0.25, -0.2) is 9.13 Å². The van der Waals surface area contributed by atoms with Gasteiger partial charge in [-0.2, -0.15) is 0 Å². The van der Waals surface area contributed by atoms with E-state index in [4.69, 9.17) is 37.0 Å². The van der Waals surface area contributed by atoms with E-state index in [9.17, 15) is 43.2 Å². The minimum Gasteiger partial charge on any atom is -0.462 e. The molecule has 19 heteroatoms. The van der Waals surface area contributed by atoms with E-state index in [-0.39, 0.29) is 25.7 Å². The smallest absolute Gasteiger partial charge is 0.462 e. The zero-order chi connectivity index (χ0) is 83.3.